The maximum atomic E-state index is 12.2. The second-order valence-corrected chi connectivity index (χ2v) is 8.29. The average Bonchev–Trinajstić information content (AvgIpc) is 2.78. The van der Waals surface area contributed by atoms with Crippen LogP contribution in [0.5, 0.6) is 0 Å². The summed E-state index contributed by atoms with van der Waals surface area (Å²) in [4.78, 5) is 38.1. The maximum absolute atomic E-state index is 12.2. The van der Waals surface area contributed by atoms with Crippen molar-refractivity contribution in [3.05, 3.63) is 54.6 Å². The van der Waals surface area contributed by atoms with E-state index < -0.39 is 18.5 Å². The summed E-state index contributed by atoms with van der Waals surface area (Å²) < 4.78 is 5.00. The molecule has 7 heteroatoms. The largest absolute Gasteiger partial charge is 0.454 e. The standard InChI is InChI=1S/C23H26N2O4S/c26-21(16-29-22(27)15-24-23(28)17-9-3-1-4-10-17)25-19-13-7-8-14-20(19)30-18-11-5-2-6-12-18/h2,5-8,11-14,17H,1,3-4,9-10,15-16H2,(H,24,28)(H,25,26). The molecule has 0 spiro atoms. The van der Waals surface area contributed by atoms with Crippen molar-refractivity contribution < 1.29 is 19.1 Å². The molecule has 2 N–H and O–H groups in total. The second kappa shape index (κ2) is 11.4. The van der Waals surface area contributed by atoms with Crippen molar-refractivity contribution in [2.24, 2.45) is 5.92 Å². The molecule has 30 heavy (non-hydrogen) atoms. The Kier molecular flexibility index (Phi) is 8.32. The Hall–Kier alpha value is -2.80. The monoisotopic (exact) mass is 426 g/mol. The Bertz CT molecular complexity index is 867. The van der Waals surface area contributed by atoms with Gasteiger partial charge in [-0.3, -0.25) is 14.4 Å². The molecule has 1 fully saturated rings. The molecule has 0 aliphatic heterocycles. The molecular formula is C23H26N2O4S. The third-order valence-corrected chi connectivity index (χ3v) is 5.96. The molecule has 1 saturated carbocycles. The van der Waals surface area contributed by atoms with Gasteiger partial charge in [0.2, 0.25) is 5.91 Å². The van der Waals surface area contributed by atoms with Gasteiger partial charge in [-0.05, 0) is 37.1 Å². The third-order valence-electron chi connectivity index (χ3n) is 4.88. The van der Waals surface area contributed by atoms with Crippen LogP contribution in [0.3, 0.4) is 0 Å². The van der Waals surface area contributed by atoms with Crippen molar-refractivity contribution in [3.8, 4) is 0 Å². The van der Waals surface area contributed by atoms with Crippen LogP contribution in [0, 0.1) is 5.92 Å². The fourth-order valence-electron chi connectivity index (χ4n) is 3.33. The van der Waals surface area contributed by atoms with E-state index in [2.05, 4.69) is 10.6 Å². The van der Waals surface area contributed by atoms with E-state index in [4.69, 9.17) is 4.74 Å². The van der Waals surface area contributed by atoms with Crippen LogP contribution < -0.4 is 10.6 Å². The zero-order valence-corrected chi connectivity index (χ0v) is 17.6. The van der Waals surface area contributed by atoms with E-state index in [1.165, 1.54) is 11.8 Å². The Balaban J connectivity index is 1.43. The predicted molar refractivity (Wildman–Crippen MR) is 116 cm³/mol. The minimum Gasteiger partial charge on any atom is -0.454 e. The summed E-state index contributed by atoms with van der Waals surface area (Å²) in [5.74, 6) is -1.18. The van der Waals surface area contributed by atoms with Crippen LogP contribution >= 0.6 is 11.8 Å². The van der Waals surface area contributed by atoms with E-state index in [9.17, 15) is 14.4 Å². The molecule has 2 aromatic rings. The SMILES string of the molecule is O=C(COC(=O)CNC(=O)C1CCCCC1)Nc1ccccc1Sc1ccccc1. The van der Waals surface area contributed by atoms with Crippen molar-refractivity contribution in [1.29, 1.82) is 0 Å². The predicted octanol–water partition coefficient (Wildman–Crippen LogP) is 4.02. The van der Waals surface area contributed by atoms with Crippen LogP contribution in [-0.2, 0) is 19.1 Å². The highest BCUT2D eigenvalue weighted by Crippen LogP contribution is 2.33. The van der Waals surface area contributed by atoms with Crippen LogP contribution in [0.2, 0.25) is 0 Å². The first-order valence-electron chi connectivity index (χ1n) is 10.2. The maximum Gasteiger partial charge on any atom is 0.325 e. The molecule has 0 aromatic heterocycles. The third kappa shape index (κ3) is 6.91. The van der Waals surface area contributed by atoms with E-state index >= 15 is 0 Å². The Morgan fingerprint density at radius 2 is 1.63 bits per heavy atom. The number of amides is 2. The highest BCUT2D eigenvalue weighted by molar-refractivity contribution is 7.99. The second-order valence-electron chi connectivity index (χ2n) is 7.17. The van der Waals surface area contributed by atoms with Gasteiger partial charge in [-0.1, -0.05) is 61.4 Å². The molecule has 3 rings (SSSR count). The van der Waals surface area contributed by atoms with Crippen LogP contribution in [0.25, 0.3) is 0 Å². The minimum absolute atomic E-state index is 0.0199. The van der Waals surface area contributed by atoms with Crippen LogP contribution in [-0.4, -0.2) is 30.9 Å². The Morgan fingerprint density at radius 3 is 2.40 bits per heavy atom. The lowest BCUT2D eigenvalue weighted by Gasteiger charge is -2.20. The van der Waals surface area contributed by atoms with Gasteiger partial charge in [-0.15, -0.1) is 0 Å². The molecule has 0 saturated heterocycles. The number of anilines is 1. The molecule has 0 heterocycles. The number of carbonyl (C=O) groups excluding carboxylic acids is 3. The zero-order valence-electron chi connectivity index (χ0n) is 16.8. The van der Waals surface area contributed by atoms with Gasteiger partial charge in [0.1, 0.15) is 6.54 Å². The average molecular weight is 427 g/mol. The number of ether oxygens (including phenoxy) is 1. The summed E-state index contributed by atoms with van der Waals surface area (Å²) in [5, 5.41) is 5.39. The lowest BCUT2D eigenvalue weighted by molar-refractivity contribution is -0.147. The van der Waals surface area contributed by atoms with Gasteiger partial charge in [0.25, 0.3) is 5.91 Å². The van der Waals surface area contributed by atoms with Gasteiger partial charge in [0, 0.05) is 15.7 Å². The molecule has 6 nitrogen and oxygen atoms in total. The van der Waals surface area contributed by atoms with E-state index in [1.54, 1.807) is 6.07 Å². The highest BCUT2D eigenvalue weighted by atomic mass is 32.2. The molecule has 0 bridgehead atoms. The molecule has 0 radical (unpaired) electrons. The van der Waals surface area contributed by atoms with Crippen molar-refractivity contribution in [2.75, 3.05) is 18.5 Å². The smallest absolute Gasteiger partial charge is 0.325 e. The molecule has 2 aromatic carbocycles. The van der Waals surface area contributed by atoms with Crippen LogP contribution in [0.1, 0.15) is 32.1 Å². The van der Waals surface area contributed by atoms with Gasteiger partial charge < -0.3 is 15.4 Å². The molecule has 2 amide bonds. The van der Waals surface area contributed by atoms with Gasteiger partial charge in [0.05, 0.1) is 5.69 Å². The molecule has 1 aliphatic rings. The Morgan fingerprint density at radius 1 is 0.933 bits per heavy atom. The lowest BCUT2D eigenvalue weighted by Crippen LogP contribution is -2.36. The first-order chi connectivity index (χ1) is 14.6. The summed E-state index contributed by atoms with van der Waals surface area (Å²) >= 11 is 1.54. The number of hydrogen-bond donors (Lipinski definition) is 2. The van der Waals surface area contributed by atoms with E-state index in [0.29, 0.717) is 5.69 Å². The first kappa shape index (κ1) is 21.9. The summed E-state index contributed by atoms with van der Waals surface area (Å²) in [6.07, 6.45) is 4.99. The number of nitrogens with one attached hydrogen (secondary N) is 2. The van der Waals surface area contributed by atoms with E-state index in [-0.39, 0.29) is 18.4 Å². The summed E-state index contributed by atoms with van der Waals surface area (Å²) in [7, 11) is 0. The summed E-state index contributed by atoms with van der Waals surface area (Å²) in [6, 6.07) is 17.3. The highest BCUT2D eigenvalue weighted by Gasteiger charge is 2.21. The normalized spacial score (nSPS) is 14.0. The minimum atomic E-state index is -0.624. The van der Waals surface area contributed by atoms with Gasteiger partial charge >= 0.3 is 5.97 Å². The topological polar surface area (TPSA) is 84.5 Å². The lowest BCUT2D eigenvalue weighted by atomic mass is 9.89. The van der Waals surface area contributed by atoms with E-state index in [0.717, 1.165) is 41.9 Å². The molecular weight excluding hydrogens is 400 g/mol. The number of hydrogen-bond acceptors (Lipinski definition) is 5. The van der Waals surface area contributed by atoms with Crippen LogP contribution in [0.4, 0.5) is 5.69 Å². The molecule has 158 valence electrons. The zero-order chi connectivity index (χ0) is 21.2. The number of esters is 1. The quantitative estimate of drug-likeness (QED) is 0.623. The molecule has 1 aliphatic carbocycles. The Labute approximate surface area is 180 Å². The van der Waals surface area contributed by atoms with E-state index in [1.807, 2.05) is 48.5 Å². The fourth-order valence-corrected chi connectivity index (χ4v) is 4.25. The van der Waals surface area contributed by atoms with Gasteiger partial charge in [-0.2, -0.15) is 0 Å². The number of benzene rings is 2. The van der Waals surface area contributed by atoms with Gasteiger partial charge in [0.15, 0.2) is 6.61 Å². The van der Waals surface area contributed by atoms with Crippen molar-refractivity contribution >= 4 is 35.2 Å². The number of para-hydroxylation sites is 1. The molecule has 0 unspecified atom stereocenters. The van der Waals surface area contributed by atoms with Crippen molar-refractivity contribution in [1.82, 2.24) is 5.32 Å². The number of carbonyl (C=O) groups is 3. The van der Waals surface area contributed by atoms with Crippen molar-refractivity contribution in [2.45, 2.75) is 41.9 Å². The molecule has 0 atom stereocenters. The van der Waals surface area contributed by atoms with Crippen LogP contribution in [0.15, 0.2) is 64.4 Å². The number of rotatable bonds is 8. The first-order valence-corrected chi connectivity index (χ1v) is 11.0. The van der Waals surface area contributed by atoms with Gasteiger partial charge in [-0.25, -0.2) is 0 Å². The summed E-state index contributed by atoms with van der Waals surface area (Å²) in [6.45, 7) is -0.620. The van der Waals surface area contributed by atoms with Crippen molar-refractivity contribution in [3.63, 3.8) is 0 Å². The fraction of sp³-hybridized carbons (Fsp3) is 0.348. The summed E-state index contributed by atoms with van der Waals surface area (Å²) in [5.41, 5.74) is 0.651.